The van der Waals surface area contributed by atoms with Crippen LogP contribution in [0.2, 0.25) is 0 Å². The summed E-state index contributed by atoms with van der Waals surface area (Å²) < 4.78 is 0. The van der Waals surface area contributed by atoms with Crippen molar-refractivity contribution in [3.05, 3.63) is 29.8 Å². The summed E-state index contributed by atoms with van der Waals surface area (Å²) >= 11 is 0. The lowest BCUT2D eigenvalue weighted by molar-refractivity contribution is -0.107. The van der Waals surface area contributed by atoms with Gasteiger partial charge in [-0.1, -0.05) is 18.2 Å². The minimum Gasteiger partial charge on any atom is -0.371 e. The highest BCUT2D eigenvalue weighted by Crippen LogP contribution is 2.25. The predicted molar refractivity (Wildman–Crippen MR) is 66.9 cm³/mol. The minimum atomic E-state index is 0.675. The second kappa shape index (κ2) is 5.69. The first-order chi connectivity index (χ1) is 7.92. The van der Waals surface area contributed by atoms with Crippen LogP contribution in [0.4, 0.5) is 5.69 Å². The van der Waals surface area contributed by atoms with Crippen molar-refractivity contribution in [3.8, 4) is 0 Å². The summed E-state index contributed by atoms with van der Waals surface area (Å²) in [4.78, 5) is 12.8. The number of benzene rings is 1. The Morgan fingerprint density at radius 2 is 1.94 bits per heavy atom. The molecule has 1 aliphatic rings. The predicted octanol–water partition coefficient (Wildman–Crippen LogP) is 2.81. The lowest BCUT2D eigenvalue weighted by Gasteiger charge is -2.21. The number of carbonyl (C=O) groups is 1. The zero-order valence-corrected chi connectivity index (χ0v) is 9.69. The van der Waals surface area contributed by atoms with E-state index in [1.54, 1.807) is 0 Å². The highest BCUT2D eigenvalue weighted by Gasteiger charge is 2.14. The third-order valence-corrected chi connectivity index (χ3v) is 3.21. The normalized spacial score (nSPS) is 15.4. The molecule has 0 saturated carbocycles. The molecule has 1 aromatic rings. The van der Waals surface area contributed by atoms with Gasteiger partial charge < -0.3 is 9.69 Å². The molecule has 1 saturated heterocycles. The molecule has 0 amide bonds. The number of hydrogen-bond acceptors (Lipinski definition) is 2. The third-order valence-electron chi connectivity index (χ3n) is 3.21. The molecule has 0 radical (unpaired) electrons. The van der Waals surface area contributed by atoms with Gasteiger partial charge in [-0.15, -0.1) is 0 Å². The number of anilines is 1. The van der Waals surface area contributed by atoms with Gasteiger partial charge in [-0.2, -0.15) is 0 Å². The monoisotopic (exact) mass is 217 g/mol. The van der Waals surface area contributed by atoms with Crippen molar-refractivity contribution in [3.63, 3.8) is 0 Å². The Balaban J connectivity index is 2.06. The summed E-state index contributed by atoms with van der Waals surface area (Å²) in [6.45, 7) is 2.37. The number of hydrogen-bond donors (Lipinski definition) is 0. The average molecular weight is 217 g/mol. The molecule has 0 aromatic heterocycles. The van der Waals surface area contributed by atoms with Crippen LogP contribution in [0.1, 0.15) is 31.2 Å². The SMILES string of the molecule is O=CCCCc1ccccc1N1CCCC1. The molecule has 2 nitrogen and oxygen atoms in total. The van der Waals surface area contributed by atoms with Gasteiger partial charge in [0.25, 0.3) is 0 Å². The Hall–Kier alpha value is -1.31. The van der Waals surface area contributed by atoms with Crippen molar-refractivity contribution < 1.29 is 4.79 Å². The number of para-hydroxylation sites is 1. The van der Waals surface area contributed by atoms with Crippen LogP contribution in [0, 0.1) is 0 Å². The van der Waals surface area contributed by atoms with E-state index in [0.29, 0.717) is 6.42 Å². The van der Waals surface area contributed by atoms with Crippen LogP contribution >= 0.6 is 0 Å². The summed E-state index contributed by atoms with van der Waals surface area (Å²) in [7, 11) is 0. The van der Waals surface area contributed by atoms with Gasteiger partial charge >= 0.3 is 0 Å². The number of aryl methyl sites for hydroxylation is 1. The Labute approximate surface area is 97.3 Å². The molecular weight excluding hydrogens is 198 g/mol. The second-order valence-corrected chi connectivity index (χ2v) is 4.38. The van der Waals surface area contributed by atoms with Crippen LogP contribution in [0.3, 0.4) is 0 Å². The summed E-state index contributed by atoms with van der Waals surface area (Å²) in [6, 6.07) is 8.60. The molecule has 1 fully saturated rings. The van der Waals surface area contributed by atoms with Crippen molar-refractivity contribution in [1.29, 1.82) is 0 Å². The number of nitrogens with zero attached hydrogens (tertiary/aromatic N) is 1. The van der Waals surface area contributed by atoms with Gasteiger partial charge in [-0.3, -0.25) is 0 Å². The van der Waals surface area contributed by atoms with E-state index in [-0.39, 0.29) is 0 Å². The van der Waals surface area contributed by atoms with Gasteiger partial charge in [-0.05, 0) is 37.3 Å². The summed E-state index contributed by atoms with van der Waals surface area (Å²) in [5.74, 6) is 0. The van der Waals surface area contributed by atoms with Gasteiger partial charge in [0.2, 0.25) is 0 Å². The van der Waals surface area contributed by atoms with E-state index in [1.807, 2.05) is 0 Å². The number of rotatable bonds is 5. The quantitative estimate of drug-likeness (QED) is 0.558. The summed E-state index contributed by atoms with van der Waals surface area (Å²) in [6.07, 6.45) is 6.29. The summed E-state index contributed by atoms with van der Waals surface area (Å²) in [5, 5.41) is 0. The molecule has 2 heteroatoms. The first kappa shape index (κ1) is 11.2. The van der Waals surface area contributed by atoms with Crippen LogP contribution in [-0.4, -0.2) is 19.4 Å². The number of carbonyl (C=O) groups excluding carboxylic acids is 1. The molecule has 0 unspecified atom stereocenters. The lowest BCUT2D eigenvalue weighted by atomic mass is 10.1. The van der Waals surface area contributed by atoms with Crippen LogP contribution in [0.5, 0.6) is 0 Å². The van der Waals surface area contributed by atoms with E-state index in [2.05, 4.69) is 29.2 Å². The molecule has 0 atom stereocenters. The molecule has 16 heavy (non-hydrogen) atoms. The number of unbranched alkanes of at least 4 members (excludes halogenated alkanes) is 1. The Morgan fingerprint density at radius 1 is 1.19 bits per heavy atom. The standard InChI is InChI=1S/C14H19NO/c16-12-6-3-8-13-7-1-2-9-14(13)15-10-4-5-11-15/h1-2,7,9,12H,3-6,8,10-11H2. The fourth-order valence-corrected chi connectivity index (χ4v) is 2.36. The van der Waals surface area contributed by atoms with E-state index in [1.165, 1.54) is 37.2 Å². The molecule has 1 aliphatic heterocycles. The van der Waals surface area contributed by atoms with E-state index in [0.717, 1.165) is 19.1 Å². The molecule has 0 aliphatic carbocycles. The molecule has 0 bridgehead atoms. The van der Waals surface area contributed by atoms with E-state index >= 15 is 0 Å². The van der Waals surface area contributed by atoms with Gasteiger partial charge in [-0.25, -0.2) is 0 Å². The maximum atomic E-state index is 10.3. The van der Waals surface area contributed by atoms with E-state index in [4.69, 9.17) is 0 Å². The Morgan fingerprint density at radius 3 is 2.69 bits per heavy atom. The maximum absolute atomic E-state index is 10.3. The van der Waals surface area contributed by atoms with Crippen molar-refractivity contribution in [2.24, 2.45) is 0 Å². The van der Waals surface area contributed by atoms with Crippen molar-refractivity contribution in [1.82, 2.24) is 0 Å². The van der Waals surface area contributed by atoms with Crippen LogP contribution < -0.4 is 4.90 Å². The molecule has 86 valence electrons. The van der Waals surface area contributed by atoms with E-state index < -0.39 is 0 Å². The van der Waals surface area contributed by atoms with Gasteiger partial charge in [0.1, 0.15) is 6.29 Å². The fourth-order valence-electron chi connectivity index (χ4n) is 2.36. The third kappa shape index (κ3) is 2.63. The highest BCUT2D eigenvalue weighted by atomic mass is 16.1. The Bertz CT molecular complexity index is 342. The zero-order valence-electron chi connectivity index (χ0n) is 9.69. The van der Waals surface area contributed by atoms with Crippen LogP contribution in [0.25, 0.3) is 0 Å². The second-order valence-electron chi connectivity index (χ2n) is 4.38. The minimum absolute atomic E-state index is 0.675. The van der Waals surface area contributed by atoms with Crippen molar-refractivity contribution in [2.75, 3.05) is 18.0 Å². The molecule has 2 rings (SSSR count). The lowest BCUT2D eigenvalue weighted by Crippen LogP contribution is -2.19. The first-order valence-corrected chi connectivity index (χ1v) is 6.18. The largest absolute Gasteiger partial charge is 0.371 e. The highest BCUT2D eigenvalue weighted by molar-refractivity contribution is 5.55. The van der Waals surface area contributed by atoms with Crippen LogP contribution in [0.15, 0.2) is 24.3 Å². The van der Waals surface area contributed by atoms with Gasteiger partial charge in [0.05, 0.1) is 0 Å². The van der Waals surface area contributed by atoms with Crippen molar-refractivity contribution in [2.45, 2.75) is 32.1 Å². The molecular formula is C14H19NO. The molecule has 0 N–H and O–H groups in total. The van der Waals surface area contributed by atoms with Gasteiger partial charge in [0.15, 0.2) is 0 Å². The van der Waals surface area contributed by atoms with Crippen molar-refractivity contribution >= 4 is 12.0 Å². The van der Waals surface area contributed by atoms with Crippen LogP contribution in [-0.2, 0) is 11.2 Å². The molecule has 1 aromatic carbocycles. The first-order valence-electron chi connectivity index (χ1n) is 6.18. The summed E-state index contributed by atoms with van der Waals surface area (Å²) in [5.41, 5.74) is 2.78. The molecule has 1 heterocycles. The maximum Gasteiger partial charge on any atom is 0.120 e. The average Bonchev–Trinajstić information content (AvgIpc) is 2.83. The Kier molecular flexibility index (Phi) is 3.97. The topological polar surface area (TPSA) is 20.3 Å². The smallest absolute Gasteiger partial charge is 0.120 e. The van der Waals surface area contributed by atoms with E-state index in [9.17, 15) is 4.79 Å². The van der Waals surface area contributed by atoms with Gasteiger partial charge in [0, 0.05) is 25.2 Å². The molecule has 0 spiro atoms. The zero-order chi connectivity index (χ0) is 11.2. The number of aldehydes is 1. The fraction of sp³-hybridized carbons (Fsp3) is 0.500.